The van der Waals surface area contributed by atoms with Gasteiger partial charge in [0.25, 0.3) is 23.6 Å². The Kier molecular flexibility index (Phi) is 7.77. The molecule has 0 atom stereocenters. The Balaban J connectivity index is 1.10. The van der Waals surface area contributed by atoms with Gasteiger partial charge in [0.1, 0.15) is 17.2 Å². The third kappa shape index (κ3) is 5.27. The summed E-state index contributed by atoms with van der Waals surface area (Å²) in [7, 11) is -2.31. The molecule has 8 rings (SSSR count). The van der Waals surface area contributed by atoms with Crippen molar-refractivity contribution in [1.29, 1.82) is 0 Å². The first-order valence-corrected chi connectivity index (χ1v) is 18.1. The van der Waals surface area contributed by atoms with Gasteiger partial charge < -0.3 is 9.47 Å². The second kappa shape index (κ2) is 12.3. The van der Waals surface area contributed by atoms with E-state index in [9.17, 15) is 27.6 Å². The summed E-state index contributed by atoms with van der Waals surface area (Å²) in [4.78, 5) is 58.1. The number of imide groups is 2. The quantitative estimate of drug-likeness (QED) is 0.152. The van der Waals surface area contributed by atoms with Crippen LogP contribution >= 0.6 is 0 Å². The number of aryl methyl sites for hydroxylation is 3. The van der Waals surface area contributed by atoms with Gasteiger partial charge >= 0.3 is 0 Å². The first-order valence-electron chi connectivity index (χ1n) is 16.6. The third-order valence-corrected chi connectivity index (χ3v) is 11.3. The predicted molar refractivity (Wildman–Crippen MR) is 198 cm³/mol. The van der Waals surface area contributed by atoms with Crippen molar-refractivity contribution >= 4 is 55.6 Å². The number of carbonyl (C=O) groups excluding carboxylic acids is 4. The minimum absolute atomic E-state index is 0.0928. The predicted octanol–water partition coefficient (Wildman–Crippen LogP) is 8.00. The number of hydrogen-bond donors (Lipinski definition) is 0. The van der Waals surface area contributed by atoms with Crippen molar-refractivity contribution in [1.82, 2.24) is 0 Å². The zero-order valence-corrected chi connectivity index (χ0v) is 29.8. The largest absolute Gasteiger partial charge is 0.496 e. The average Bonchev–Trinajstić information content (AvgIpc) is 3.14. The van der Waals surface area contributed by atoms with Crippen LogP contribution in [0.15, 0.2) is 119 Å². The minimum atomic E-state index is -3.83. The van der Waals surface area contributed by atoms with Crippen molar-refractivity contribution in [2.45, 2.75) is 30.6 Å². The number of ether oxygens (including phenoxy) is 2. The van der Waals surface area contributed by atoms with Crippen LogP contribution in [0.5, 0.6) is 17.2 Å². The Morgan fingerprint density at radius 2 is 0.962 bits per heavy atom. The van der Waals surface area contributed by atoms with Crippen molar-refractivity contribution in [3.63, 3.8) is 0 Å². The minimum Gasteiger partial charge on any atom is -0.496 e. The van der Waals surface area contributed by atoms with E-state index in [1.54, 1.807) is 74.5 Å². The third-order valence-electron chi connectivity index (χ3n) is 9.59. The van der Waals surface area contributed by atoms with E-state index >= 15 is 0 Å². The number of benzene rings is 6. The molecule has 4 amide bonds. The summed E-state index contributed by atoms with van der Waals surface area (Å²) in [6.07, 6.45) is 0. The number of nitrogens with zero attached hydrogens (tertiary/aromatic N) is 2. The highest BCUT2D eigenvalue weighted by molar-refractivity contribution is 7.91. The van der Waals surface area contributed by atoms with E-state index in [2.05, 4.69) is 0 Å². The molecule has 0 fully saturated rings. The van der Waals surface area contributed by atoms with Gasteiger partial charge in [-0.2, -0.15) is 0 Å². The standard InChI is InChI=1S/C42H30N2O8S/c1-23-7-5-8-26(19-23)43-39(45)31-13-15-33-38-34(16-14-32(37(31)38)40(43)46)42(48)44(41(33)47)27-9-6-10-28(22-27)52-36-18-12-30(21-25(36)3)53(49,50)29-11-17-35(51-4)24(2)20-29/h5-22H,1-4H3. The van der Waals surface area contributed by atoms with Gasteiger partial charge in [-0.1, -0.05) is 18.2 Å². The number of amides is 4. The van der Waals surface area contributed by atoms with Crippen molar-refractivity contribution in [2.75, 3.05) is 16.9 Å². The van der Waals surface area contributed by atoms with Gasteiger partial charge in [-0.25, -0.2) is 18.2 Å². The summed E-state index contributed by atoms with van der Waals surface area (Å²) < 4.78 is 38.3. The average molecular weight is 723 g/mol. The molecule has 0 unspecified atom stereocenters. The molecule has 0 saturated carbocycles. The lowest BCUT2D eigenvalue weighted by atomic mass is 9.85. The fourth-order valence-corrected chi connectivity index (χ4v) is 8.41. The number of sulfone groups is 1. The van der Waals surface area contributed by atoms with Gasteiger partial charge in [0.2, 0.25) is 9.84 Å². The van der Waals surface area contributed by atoms with Gasteiger partial charge in [-0.05, 0) is 122 Å². The monoisotopic (exact) mass is 722 g/mol. The van der Waals surface area contributed by atoms with Gasteiger partial charge in [0.15, 0.2) is 0 Å². The number of carbonyl (C=O) groups is 4. The molecule has 6 aromatic rings. The van der Waals surface area contributed by atoms with Crippen LogP contribution in [0, 0.1) is 20.8 Å². The lowest BCUT2D eigenvalue weighted by molar-refractivity contribution is 0.0873. The Morgan fingerprint density at radius 1 is 0.509 bits per heavy atom. The second-order valence-electron chi connectivity index (χ2n) is 13.0. The Labute approximate surface area is 304 Å². The topological polar surface area (TPSA) is 127 Å². The molecule has 0 aliphatic carbocycles. The zero-order valence-electron chi connectivity index (χ0n) is 29.0. The molecule has 2 aliphatic rings. The maximum absolute atomic E-state index is 14.1. The Morgan fingerprint density at radius 3 is 1.42 bits per heavy atom. The molecule has 11 heteroatoms. The van der Waals surface area contributed by atoms with E-state index in [1.807, 2.05) is 13.0 Å². The summed E-state index contributed by atoms with van der Waals surface area (Å²) in [5.41, 5.74) is 3.58. The Bertz CT molecular complexity index is 2670. The molecule has 10 nitrogen and oxygen atoms in total. The van der Waals surface area contributed by atoms with E-state index < -0.39 is 33.5 Å². The smallest absolute Gasteiger partial charge is 0.265 e. The summed E-state index contributed by atoms with van der Waals surface area (Å²) in [6.45, 7) is 5.36. The molecular weight excluding hydrogens is 693 g/mol. The highest BCUT2D eigenvalue weighted by Gasteiger charge is 2.40. The van der Waals surface area contributed by atoms with Crippen molar-refractivity contribution in [3.05, 3.63) is 148 Å². The van der Waals surface area contributed by atoms with E-state index in [0.717, 1.165) is 15.4 Å². The van der Waals surface area contributed by atoms with Crippen LogP contribution < -0.4 is 19.3 Å². The summed E-state index contributed by atoms with van der Waals surface area (Å²) >= 11 is 0. The van der Waals surface area contributed by atoms with Crippen LogP contribution in [-0.4, -0.2) is 39.2 Å². The van der Waals surface area contributed by atoms with Gasteiger partial charge in [-0.15, -0.1) is 0 Å². The number of rotatable bonds is 7. The Hall–Kier alpha value is -6.59. The van der Waals surface area contributed by atoms with Crippen LogP contribution in [0.1, 0.15) is 58.1 Å². The summed E-state index contributed by atoms with van der Waals surface area (Å²) in [5.74, 6) is -1.06. The lowest BCUT2D eigenvalue weighted by Gasteiger charge is -2.32. The first-order chi connectivity index (χ1) is 25.4. The molecule has 6 aromatic carbocycles. The maximum Gasteiger partial charge on any atom is 0.265 e. The SMILES string of the molecule is COc1ccc(S(=O)(=O)c2ccc(Oc3cccc(N4C(=O)c5ccc6c7c(ccc(c57)C4=O)C(=O)N(c4cccc(C)c4)C6=O)c3)c(C)c2)cc1C. The van der Waals surface area contributed by atoms with E-state index in [-0.39, 0.29) is 48.5 Å². The molecule has 0 aromatic heterocycles. The van der Waals surface area contributed by atoms with Crippen LogP contribution in [0.4, 0.5) is 11.4 Å². The molecule has 53 heavy (non-hydrogen) atoms. The van der Waals surface area contributed by atoms with Crippen molar-refractivity contribution < 1.29 is 37.1 Å². The number of hydrogen-bond acceptors (Lipinski definition) is 8. The van der Waals surface area contributed by atoms with E-state index in [4.69, 9.17) is 9.47 Å². The zero-order chi connectivity index (χ0) is 37.3. The van der Waals surface area contributed by atoms with Crippen molar-refractivity contribution in [3.8, 4) is 17.2 Å². The summed E-state index contributed by atoms with van der Waals surface area (Å²) in [6, 6.07) is 28.8. The normalized spacial score (nSPS) is 13.9. The van der Waals surface area contributed by atoms with Crippen LogP contribution in [0.3, 0.4) is 0 Å². The molecule has 0 radical (unpaired) electrons. The fourth-order valence-electron chi connectivity index (χ4n) is 6.98. The molecule has 262 valence electrons. The van der Waals surface area contributed by atoms with E-state index in [0.29, 0.717) is 34.1 Å². The molecule has 2 heterocycles. The van der Waals surface area contributed by atoms with Gasteiger partial charge in [0.05, 0.1) is 28.3 Å². The number of methoxy groups -OCH3 is 1. The van der Waals surface area contributed by atoms with Crippen LogP contribution in [0.25, 0.3) is 10.8 Å². The first kappa shape index (κ1) is 33.5. The number of anilines is 2. The maximum atomic E-state index is 14.1. The summed E-state index contributed by atoms with van der Waals surface area (Å²) in [5, 5.41) is 0.542. The van der Waals surface area contributed by atoms with Gasteiger partial charge in [0, 0.05) is 39.1 Å². The molecule has 0 bridgehead atoms. The molecule has 0 N–H and O–H groups in total. The molecule has 0 saturated heterocycles. The lowest BCUT2D eigenvalue weighted by Crippen LogP contribution is -2.43. The highest BCUT2D eigenvalue weighted by atomic mass is 32.2. The van der Waals surface area contributed by atoms with Crippen molar-refractivity contribution in [2.24, 2.45) is 0 Å². The molecule has 2 aliphatic heterocycles. The second-order valence-corrected chi connectivity index (χ2v) is 14.9. The van der Waals surface area contributed by atoms with Crippen LogP contribution in [-0.2, 0) is 9.84 Å². The van der Waals surface area contributed by atoms with E-state index in [1.165, 1.54) is 49.6 Å². The van der Waals surface area contributed by atoms with Crippen LogP contribution in [0.2, 0.25) is 0 Å². The molecular formula is C42H30N2O8S. The molecule has 0 spiro atoms. The van der Waals surface area contributed by atoms with Gasteiger partial charge in [-0.3, -0.25) is 19.2 Å². The highest BCUT2D eigenvalue weighted by Crippen LogP contribution is 2.41. The fraction of sp³-hybridized carbons (Fsp3) is 0.0952.